The largest absolute Gasteiger partial charge is 0.443 e. The fraction of sp³-hybridized carbons (Fsp3) is 0.520. The van der Waals surface area contributed by atoms with Gasteiger partial charge in [0.1, 0.15) is 11.4 Å². The third-order valence-electron chi connectivity index (χ3n) is 6.27. The monoisotopic (exact) mass is 471 g/mol. The number of aryl methyl sites for hydroxylation is 1. The second kappa shape index (κ2) is 9.06. The van der Waals surface area contributed by atoms with E-state index in [4.69, 9.17) is 4.74 Å². The smallest absolute Gasteiger partial charge is 0.416 e. The number of rotatable bonds is 5. The van der Waals surface area contributed by atoms with Crippen LogP contribution < -0.4 is 4.90 Å². The van der Waals surface area contributed by atoms with Crippen molar-refractivity contribution in [2.75, 3.05) is 11.4 Å². The maximum Gasteiger partial charge on any atom is 0.416 e. The number of pyridine rings is 1. The van der Waals surface area contributed by atoms with Gasteiger partial charge in [-0.15, -0.1) is 0 Å². The van der Waals surface area contributed by atoms with Gasteiger partial charge in [-0.2, -0.15) is 4.31 Å². The van der Waals surface area contributed by atoms with E-state index in [9.17, 15) is 13.2 Å². The van der Waals surface area contributed by atoms with Gasteiger partial charge in [0.2, 0.25) is 10.0 Å². The van der Waals surface area contributed by atoms with Gasteiger partial charge < -0.3 is 4.74 Å². The number of carbonyl (C=O) groups excluding carboxylic acids is 1. The third-order valence-corrected chi connectivity index (χ3v) is 8.19. The average molecular weight is 472 g/mol. The molecule has 178 valence electrons. The number of anilines is 1. The van der Waals surface area contributed by atoms with E-state index >= 15 is 0 Å². The molecule has 0 radical (unpaired) electrons. The van der Waals surface area contributed by atoms with Crippen LogP contribution in [0.5, 0.6) is 0 Å². The van der Waals surface area contributed by atoms with Crippen molar-refractivity contribution in [3.8, 4) is 0 Å². The lowest BCUT2D eigenvalue weighted by atomic mass is 9.91. The highest BCUT2D eigenvalue weighted by Crippen LogP contribution is 2.42. The number of hydrogen-bond acceptors (Lipinski definition) is 5. The van der Waals surface area contributed by atoms with Crippen LogP contribution in [0.4, 0.5) is 10.6 Å². The van der Waals surface area contributed by atoms with E-state index in [1.165, 1.54) is 0 Å². The highest BCUT2D eigenvalue weighted by atomic mass is 32.2. The summed E-state index contributed by atoms with van der Waals surface area (Å²) in [6, 6.07) is 10.3. The van der Waals surface area contributed by atoms with E-state index in [1.54, 1.807) is 27.5 Å². The van der Waals surface area contributed by atoms with Crippen molar-refractivity contribution in [2.45, 2.75) is 82.4 Å². The molecule has 1 aromatic heterocycles. The third kappa shape index (κ3) is 4.92. The van der Waals surface area contributed by atoms with Crippen LogP contribution >= 0.6 is 0 Å². The Balaban J connectivity index is 1.72. The Labute approximate surface area is 196 Å². The van der Waals surface area contributed by atoms with E-state index in [2.05, 4.69) is 4.98 Å². The molecule has 0 N–H and O–H groups in total. The normalized spacial score (nSPS) is 19.8. The Morgan fingerprint density at radius 1 is 1.09 bits per heavy atom. The number of nitrogens with zero attached hydrogens (tertiary/aromatic N) is 3. The van der Waals surface area contributed by atoms with Crippen LogP contribution in [0.2, 0.25) is 0 Å². The lowest BCUT2D eigenvalue weighted by Crippen LogP contribution is -2.48. The average Bonchev–Trinajstić information content (AvgIpc) is 3.20. The minimum absolute atomic E-state index is 0.0112. The zero-order valence-electron chi connectivity index (χ0n) is 19.8. The predicted octanol–water partition coefficient (Wildman–Crippen LogP) is 5.21. The molecule has 1 aliphatic carbocycles. The van der Waals surface area contributed by atoms with Crippen molar-refractivity contribution in [3.05, 3.63) is 53.7 Å². The van der Waals surface area contributed by atoms with E-state index in [0.29, 0.717) is 18.8 Å². The number of carbonyl (C=O) groups is 1. The van der Waals surface area contributed by atoms with Crippen LogP contribution in [-0.4, -0.2) is 42.0 Å². The molecular weight excluding hydrogens is 438 g/mol. The summed E-state index contributed by atoms with van der Waals surface area (Å²) in [6.07, 6.45) is 5.46. The molecule has 1 atom stereocenters. The van der Waals surface area contributed by atoms with Crippen molar-refractivity contribution in [1.82, 2.24) is 9.29 Å². The lowest BCUT2D eigenvalue weighted by molar-refractivity contribution is 0.0547. The van der Waals surface area contributed by atoms with Crippen LogP contribution in [-0.2, 0) is 14.8 Å². The van der Waals surface area contributed by atoms with Gasteiger partial charge >= 0.3 is 6.09 Å². The van der Waals surface area contributed by atoms with Crippen molar-refractivity contribution in [2.24, 2.45) is 0 Å². The lowest BCUT2D eigenvalue weighted by Gasteiger charge is -2.39. The van der Waals surface area contributed by atoms with E-state index in [1.807, 2.05) is 52.0 Å². The number of benzene rings is 1. The first-order chi connectivity index (χ1) is 15.6. The minimum Gasteiger partial charge on any atom is -0.443 e. The maximum atomic E-state index is 13.5. The molecule has 2 heterocycles. The Hall–Kier alpha value is -2.45. The summed E-state index contributed by atoms with van der Waals surface area (Å²) >= 11 is 0. The maximum absolute atomic E-state index is 13.5. The fourth-order valence-corrected chi connectivity index (χ4v) is 6.09. The molecule has 1 aromatic carbocycles. The molecule has 2 aromatic rings. The highest BCUT2D eigenvalue weighted by Gasteiger charge is 2.41. The second-order valence-electron chi connectivity index (χ2n) is 9.94. The van der Waals surface area contributed by atoms with Crippen molar-refractivity contribution in [3.63, 3.8) is 0 Å². The van der Waals surface area contributed by atoms with Crippen LogP contribution in [0.25, 0.3) is 0 Å². The summed E-state index contributed by atoms with van der Waals surface area (Å²) in [5.41, 5.74) is 1.13. The zero-order chi connectivity index (χ0) is 23.8. The Kier molecular flexibility index (Phi) is 6.51. The van der Waals surface area contributed by atoms with Gasteiger partial charge in [0, 0.05) is 24.3 Å². The van der Waals surface area contributed by atoms with E-state index < -0.39 is 21.7 Å². The van der Waals surface area contributed by atoms with Gasteiger partial charge in [-0.3, -0.25) is 4.90 Å². The molecule has 0 spiro atoms. The summed E-state index contributed by atoms with van der Waals surface area (Å²) < 4.78 is 34.3. The topological polar surface area (TPSA) is 79.8 Å². The van der Waals surface area contributed by atoms with Crippen LogP contribution in [0, 0.1) is 6.92 Å². The van der Waals surface area contributed by atoms with Crippen LogP contribution in [0.15, 0.2) is 47.5 Å². The number of aromatic nitrogens is 1. The SMILES string of the molecule is Cc1ccc(S(=O)(=O)N2CCC[C@@H]2c2cccnc2N(C(=O)OC(C)(C)C)C2CCC2)cc1. The molecule has 1 aliphatic heterocycles. The molecule has 1 amide bonds. The summed E-state index contributed by atoms with van der Waals surface area (Å²) in [6.45, 7) is 7.90. The molecular formula is C25H33N3O4S. The van der Waals surface area contributed by atoms with Gasteiger partial charge in [0.25, 0.3) is 0 Å². The molecule has 2 fully saturated rings. The van der Waals surface area contributed by atoms with Gasteiger partial charge in [-0.1, -0.05) is 23.8 Å². The summed E-state index contributed by atoms with van der Waals surface area (Å²) in [4.78, 5) is 19.7. The van der Waals surface area contributed by atoms with Gasteiger partial charge in [-0.25, -0.2) is 18.2 Å². The van der Waals surface area contributed by atoms with E-state index in [-0.39, 0.29) is 17.0 Å². The Morgan fingerprint density at radius 2 is 1.79 bits per heavy atom. The molecule has 0 unspecified atom stereocenters. The van der Waals surface area contributed by atoms with Gasteiger partial charge in [0.05, 0.1) is 10.9 Å². The second-order valence-corrected chi connectivity index (χ2v) is 11.8. The first-order valence-electron chi connectivity index (χ1n) is 11.6. The van der Waals surface area contributed by atoms with Crippen molar-refractivity contribution in [1.29, 1.82) is 0 Å². The van der Waals surface area contributed by atoms with Gasteiger partial charge in [-0.05, 0) is 78.0 Å². The first kappa shape index (κ1) is 23.7. The molecule has 33 heavy (non-hydrogen) atoms. The fourth-order valence-electron chi connectivity index (χ4n) is 4.42. The molecule has 0 bridgehead atoms. The molecule has 4 rings (SSSR count). The molecule has 2 aliphatic rings. The molecule has 7 nitrogen and oxygen atoms in total. The number of amides is 1. The van der Waals surface area contributed by atoms with Crippen molar-refractivity contribution < 1.29 is 17.9 Å². The minimum atomic E-state index is -3.69. The van der Waals surface area contributed by atoms with E-state index in [0.717, 1.165) is 36.8 Å². The Morgan fingerprint density at radius 3 is 2.39 bits per heavy atom. The molecule has 8 heteroatoms. The van der Waals surface area contributed by atoms with Crippen LogP contribution in [0.3, 0.4) is 0 Å². The zero-order valence-corrected chi connectivity index (χ0v) is 20.6. The summed E-state index contributed by atoms with van der Waals surface area (Å²) in [5, 5.41) is 0. The quantitative estimate of drug-likeness (QED) is 0.598. The van der Waals surface area contributed by atoms with Gasteiger partial charge in [0.15, 0.2) is 0 Å². The molecule has 1 saturated heterocycles. The standard InChI is InChI=1S/C25H33N3O4S/c1-18-12-14-20(15-13-18)33(30,31)27-17-7-11-22(27)21-10-6-16-26-23(21)28(19-8-5-9-19)24(29)32-25(2,3)4/h6,10,12-16,19,22H,5,7-9,11,17H2,1-4H3/t22-/m1/s1. The number of hydrogen-bond donors (Lipinski definition) is 0. The highest BCUT2D eigenvalue weighted by molar-refractivity contribution is 7.89. The van der Waals surface area contributed by atoms with Crippen molar-refractivity contribution >= 4 is 21.9 Å². The summed E-state index contributed by atoms with van der Waals surface area (Å²) in [5.74, 6) is 0.507. The first-order valence-corrected chi connectivity index (χ1v) is 13.1. The number of ether oxygens (including phenoxy) is 1. The molecule has 1 saturated carbocycles. The van der Waals surface area contributed by atoms with Crippen LogP contribution in [0.1, 0.15) is 70.0 Å². The Bertz CT molecular complexity index is 1110. The summed E-state index contributed by atoms with van der Waals surface area (Å²) in [7, 11) is -3.69. The predicted molar refractivity (Wildman–Crippen MR) is 128 cm³/mol. The number of sulfonamides is 1.